The molecule has 0 aliphatic rings. The number of urea groups is 1. The molecule has 0 heterocycles. The lowest BCUT2D eigenvalue weighted by atomic mass is 9.82. The van der Waals surface area contributed by atoms with Crippen LogP contribution in [0, 0.1) is 5.41 Å². The second-order valence-corrected chi connectivity index (χ2v) is 5.41. The van der Waals surface area contributed by atoms with E-state index in [4.69, 9.17) is 0 Å². The minimum Gasteiger partial charge on any atom is -0.333 e. The molecule has 0 aromatic rings. The molecule has 0 aromatic heterocycles. The standard InChI is InChI=1S/C9H20N2OS/c1-8(2,3)6-9(4,5)10-7(12)11-13/h13H,6H2,1-5H3,(H2,10,11,12). The molecular formula is C9H20N2OS. The molecule has 0 rings (SSSR count). The van der Waals surface area contributed by atoms with Crippen molar-refractivity contribution in [3.8, 4) is 0 Å². The number of carbonyl (C=O) groups excluding carboxylic acids is 1. The van der Waals surface area contributed by atoms with Crippen molar-refractivity contribution in [2.45, 2.75) is 46.6 Å². The van der Waals surface area contributed by atoms with E-state index in [0.29, 0.717) is 0 Å². The maximum Gasteiger partial charge on any atom is 0.324 e. The zero-order chi connectivity index (χ0) is 10.7. The van der Waals surface area contributed by atoms with Crippen molar-refractivity contribution in [3.63, 3.8) is 0 Å². The number of nitrogens with one attached hydrogen (secondary N) is 2. The van der Waals surface area contributed by atoms with Crippen molar-refractivity contribution < 1.29 is 4.79 Å². The fourth-order valence-corrected chi connectivity index (χ4v) is 1.76. The molecule has 0 spiro atoms. The van der Waals surface area contributed by atoms with Crippen molar-refractivity contribution in [3.05, 3.63) is 0 Å². The molecule has 0 unspecified atom stereocenters. The number of rotatable bonds is 2. The summed E-state index contributed by atoms with van der Waals surface area (Å²) in [4.78, 5) is 11.0. The molecule has 0 aromatic carbocycles. The molecule has 3 nitrogen and oxygen atoms in total. The van der Waals surface area contributed by atoms with Gasteiger partial charge in [0.15, 0.2) is 0 Å². The van der Waals surface area contributed by atoms with Gasteiger partial charge in [0.1, 0.15) is 0 Å². The Kier molecular flexibility index (Phi) is 4.10. The molecule has 0 atom stereocenters. The van der Waals surface area contributed by atoms with Crippen molar-refractivity contribution in [2.24, 2.45) is 5.41 Å². The highest BCUT2D eigenvalue weighted by atomic mass is 32.1. The molecule has 13 heavy (non-hydrogen) atoms. The zero-order valence-corrected chi connectivity index (χ0v) is 9.96. The molecule has 0 saturated heterocycles. The molecular weight excluding hydrogens is 184 g/mol. The van der Waals surface area contributed by atoms with Crippen LogP contribution in [0.5, 0.6) is 0 Å². The van der Waals surface area contributed by atoms with Crippen LogP contribution in [0.4, 0.5) is 4.79 Å². The maximum absolute atomic E-state index is 11.0. The number of amides is 2. The molecule has 2 amide bonds. The average molecular weight is 204 g/mol. The Hall–Kier alpha value is -0.380. The third-order valence-electron chi connectivity index (χ3n) is 1.53. The van der Waals surface area contributed by atoms with E-state index in [1.54, 1.807) is 0 Å². The van der Waals surface area contributed by atoms with Gasteiger partial charge >= 0.3 is 6.03 Å². The topological polar surface area (TPSA) is 41.1 Å². The smallest absolute Gasteiger partial charge is 0.324 e. The highest BCUT2D eigenvalue weighted by Crippen LogP contribution is 2.26. The van der Waals surface area contributed by atoms with Gasteiger partial charge in [0.2, 0.25) is 0 Å². The Morgan fingerprint density at radius 1 is 1.23 bits per heavy atom. The van der Waals surface area contributed by atoms with Crippen molar-refractivity contribution in [2.75, 3.05) is 0 Å². The third kappa shape index (κ3) is 6.75. The van der Waals surface area contributed by atoms with Crippen LogP contribution in [0.1, 0.15) is 41.0 Å². The van der Waals surface area contributed by atoms with E-state index in [0.717, 1.165) is 6.42 Å². The summed E-state index contributed by atoms with van der Waals surface area (Å²) in [6.45, 7) is 10.4. The fourth-order valence-electron chi connectivity index (χ4n) is 1.71. The van der Waals surface area contributed by atoms with Crippen LogP contribution in [0.3, 0.4) is 0 Å². The first-order valence-electron chi connectivity index (χ1n) is 4.38. The van der Waals surface area contributed by atoms with Crippen molar-refractivity contribution in [1.29, 1.82) is 0 Å². The van der Waals surface area contributed by atoms with E-state index in [9.17, 15) is 4.79 Å². The van der Waals surface area contributed by atoms with Gasteiger partial charge in [-0.15, -0.1) is 0 Å². The third-order valence-corrected chi connectivity index (χ3v) is 1.73. The predicted molar refractivity (Wildman–Crippen MR) is 58.8 cm³/mol. The van der Waals surface area contributed by atoms with Gasteiger partial charge in [0.05, 0.1) is 0 Å². The summed E-state index contributed by atoms with van der Waals surface area (Å²) < 4.78 is 2.25. The average Bonchev–Trinajstić information content (AvgIpc) is 1.80. The normalized spacial score (nSPS) is 12.5. The first-order valence-corrected chi connectivity index (χ1v) is 4.83. The summed E-state index contributed by atoms with van der Waals surface area (Å²) in [6, 6.07) is -0.252. The van der Waals surface area contributed by atoms with Gasteiger partial charge in [-0.05, 0) is 25.7 Å². The molecule has 78 valence electrons. The number of hydrogen-bond donors (Lipinski definition) is 3. The highest BCUT2D eigenvalue weighted by molar-refractivity contribution is 7.78. The predicted octanol–water partition coefficient (Wildman–Crippen LogP) is 2.35. The van der Waals surface area contributed by atoms with Crippen LogP contribution >= 0.6 is 12.8 Å². The van der Waals surface area contributed by atoms with Crippen LogP contribution in [0.15, 0.2) is 0 Å². The van der Waals surface area contributed by atoms with Crippen LogP contribution < -0.4 is 10.0 Å². The van der Waals surface area contributed by atoms with Gasteiger partial charge < -0.3 is 5.32 Å². The van der Waals surface area contributed by atoms with Gasteiger partial charge in [0.25, 0.3) is 0 Å². The van der Waals surface area contributed by atoms with E-state index < -0.39 is 0 Å². The lowest BCUT2D eigenvalue weighted by Crippen LogP contribution is -2.48. The molecule has 0 aliphatic heterocycles. The SMILES string of the molecule is CC(C)(C)CC(C)(C)NC(=O)NS. The first kappa shape index (κ1) is 12.6. The Morgan fingerprint density at radius 2 is 1.69 bits per heavy atom. The summed E-state index contributed by atoms with van der Waals surface area (Å²) in [5.74, 6) is 0. The molecule has 0 fully saturated rings. The van der Waals surface area contributed by atoms with E-state index >= 15 is 0 Å². The summed E-state index contributed by atoms with van der Waals surface area (Å²) >= 11 is 3.68. The van der Waals surface area contributed by atoms with E-state index in [2.05, 4.69) is 43.6 Å². The van der Waals surface area contributed by atoms with Crippen LogP contribution in [0.2, 0.25) is 0 Å². The van der Waals surface area contributed by atoms with Crippen LogP contribution in [-0.4, -0.2) is 11.6 Å². The molecule has 0 bridgehead atoms. The number of hydrogen-bond acceptors (Lipinski definition) is 2. The zero-order valence-electron chi connectivity index (χ0n) is 9.06. The van der Waals surface area contributed by atoms with Crippen molar-refractivity contribution >= 4 is 18.8 Å². The Labute approximate surface area is 86.2 Å². The van der Waals surface area contributed by atoms with Gasteiger partial charge in [-0.3, -0.25) is 4.72 Å². The Bertz CT molecular complexity index is 185. The summed E-state index contributed by atoms with van der Waals surface area (Å²) in [5, 5.41) is 2.84. The van der Waals surface area contributed by atoms with Crippen LogP contribution in [0.25, 0.3) is 0 Å². The molecule has 0 saturated carbocycles. The minimum atomic E-state index is -0.252. The Balaban J connectivity index is 4.16. The van der Waals surface area contributed by atoms with Gasteiger partial charge in [-0.2, -0.15) is 0 Å². The fraction of sp³-hybridized carbons (Fsp3) is 0.889. The second kappa shape index (κ2) is 4.22. The van der Waals surface area contributed by atoms with E-state index in [-0.39, 0.29) is 17.0 Å². The lowest BCUT2D eigenvalue weighted by Gasteiger charge is -2.32. The largest absolute Gasteiger partial charge is 0.333 e. The van der Waals surface area contributed by atoms with Crippen molar-refractivity contribution in [1.82, 2.24) is 10.0 Å². The van der Waals surface area contributed by atoms with Gasteiger partial charge in [-0.1, -0.05) is 33.6 Å². The monoisotopic (exact) mass is 204 g/mol. The van der Waals surface area contributed by atoms with E-state index in [1.165, 1.54) is 0 Å². The summed E-state index contributed by atoms with van der Waals surface area (Å²) in [5.41, 5.74) is -0.00155. The Morgan fingerprint density at radius 3 is 2.00 bits per heavy atom. The first-order chi connectivity index (χ1) is 5.66. The molecule has 0 radical (unpaired) electrons. The number of carbonyl (C=O) groups is 1. The van der Waals surface area contributed by atoms with Crippen LogP contribution in [-0.2, 0) is 0 Å². The quantitative estimate of drug-likeness (QED) is 0.594. The van der Waals surface area contributed by atoms with Gasteiger partial charge in [0, 0.05) is 5.54 Å². The highest BCUT2D eigenvalue weighted by Gasteiger charge is 2.26. The molecule has 0 aliphatic carbocycles. The molecule has 2 N–H and O–H groups in total. The lowest BCUT2D eigenvalue weighted by molar-refractivity contribution is 0.215. The maximum atomic E-state index is 11.0. The minimum absolute atomic E-state index is 0.202. The summed E-state index contributed by atoms with van der Waals surface area (Å²) in [7, 11) is 0. The number of thiol groups is 1. The second-order valence-electron chi connectivity index (χ2n) is 5.19. The molecule has 4 heteroatoms. The van der Waals surface area contributed by atoms with E-state index in [1.807, 2.05) is 13.8 Å². The van der Waals surface area contributed by atoms with Gasteiger partial charge in [-0.25, -0.2) is 4.79 Å². The summed E-state index contributed by atoms with van der Waals surface area (Å²) in [6.07, 6.45) is 0.918.